The molecule has 0 amide bonds. The van der Waals surface area contributed by atoms with Gasteiger partial charge in [-0.25, -0.2) is 0 Å². The molecule has 1 heterocycles. The Hall–Kier alpha value is -1.45. The first-order valence-electron chi connectivity index (χ1n) is 7.22. The number of hydrazine groups is 1. The Kier molecular flexibility index (Phi) is 4.41. The van der Waals surface area contributed by atoms with Crippen molar-refractivity contribution >= 4 is 10.9 Å². The van der Waals surface area contributed by atoms with Gasteiger partial charge in [0.15, 0.2) is 0 Å². The molecule has 0 bridgehead atoms. The molecule has 2 rings (SSSR count). The molecule has 0 spiro atoms. The van der Waals surface area contributed by atoms with E-state index in [-0.39, 0.29) is 11.5 Å². The van der Waals surface area contributed by atoms with E-state index in [9.17, 15) is 0 Å². The highest BCUT2D eigenvalue weighted by molar-refractivity contribution is 5.78. The van der Waals surface area contributed by atoms with Gasteiger partial charge in [-0.3, -0.25) is 16.3 Å². The second kappa shape index (κ2) is 5.90. The third kappa shape index (κ3) is 3.35. The van der Waals surface area contributed by atoms with Crippen molar-refractivity contribution < 1.29 is 0 Å². The zero-order valence-electron chi connectivity index (χ0n) is 12.9. The molecule has 20 heavy (non-hydrogen) atoms. The average Bonchev–Trinajstić information content (AvgIpc) is 2.43. The number of nitrogens with zero attached hydrogens (tertiary/aromatic N) is 1. The number of rotatable bonds is 4. The maximum atomic E-state index is 5.76. The molecule has 3 nitrogen and oxygen atoms in total. The zero-order valence-corrected chi connectivity index (χ0v) is 12.9. The molecular formula is C17H25N3. The van der Waals surface area contributed by atoms with Crippen molar-refractivity contribution in [1.82, 2.24) is 10.4 Å². The SMILES string of the molecule is CC(CC(NN)c1cnc2ccccc2c1)C(C)(C)C. The molecule has 2 aromatic rings. The smallest absolute Gasteiger partial charge is 0.0702 e. The van der Waals surface area contributed by atoms with Crippen molar-refractivity contribution in [2.75, 3.05) is 0 Å². The molecular weight excluding hydrogens is 246 g/mol. The van der Waals surface area contributed by atoms with E-state index >= 15 is 0 Å². The van der Waals surface area contributed by atoms with Gasteiger partial charge in [-0.1, -0.05) is 45.9 Å². The molecule has 0 saturated heterocycles. The molecule has 0 saturated carbocycles. The van der Waals surface area contributed by atoms with Crippen molar-refractivity contribution in [3.8, 4) is 0 Å². The summed E-state index contributed by atoms with van der Waals surface area (Å²) in [7, 11) is 0. The lowest BCUT2D eigenvalue weighted by atomic mass is 9.78. The summed E-state index contributed by atoms with van der Waals surface area (Å²) in [5.41, 5.74) is 5.40. The summed E-state index contributed by atoms with van der Waals surface area (Å²) in [5.74, 6) is 6.33. The number of fused-ring (bicyclic) bond motifs is 1. The van der Waals surface area contributed by atoms with E-state index in [1.807, 2.05) is 24.4 Å². The van der Waals surface area contributed by atoms with Gasteiger partial charge in [0, 0.05) is 17.6 Å². The molecule has 1 aromatic carbocycles. The Morgan fingerprint density at radius 3 is 2.60 bits per heavy atom. The lowest BCUT2D eigenvalue weighted by Gasteiger charge is -2.30. The summed E-state index contributed by atoms with van der Waals surface area (Å²) < 4.78 is 0. The van der Waals surface area contributed by atoms with Crippen LogP contribution in [0.4, 0.5) is 0 Å². The van der Waals surface area contributed by atoms with E-state index in [0.29, 0.717) is 5.92 Å². The molecule has 2 atom stereocenters. The fourth-order valence-electron chi connectivity index (χ4n) is 2.29. The molecule has 0 aliphatic heterocycles. The molecule has 0 radical (unpaired) electrons. The van der Waals surface area contributed by atoms with Crippen molar-refractivity contribution in [3.63, 3.8) is 0 Å². The number of para-hydroxylation sites is 1. The fourth-order valence-corrected chi connectivity index (χ4v) is 2.29. The van der Waals surface area contributed by atoms with Gasteiger partial charge in [0.05, 0.1) is 5.52 Å². The van der Waals surface area contributed by atoms with E-state index in [0.717, 1.165) is 22.9 Å². The lowest BCUT2D eigenvalue weighted by molar-refractivity contribution is 0.223. The predicted octanol–water partition coefficient (Wildman–Crippen LogP) is 3.81. The molecule has 0 aliphatic carbocycles. The fraction of sp³-hybridized carbons (Fsp3) is 0.471. The van der Waals surface area contributed by atoms with Crippen LogP contribution in [-0.4, -0.2) is 4.98 Å². The van der Waals surface area contributed by atoms with Crippen molar-refractivity contribution in [2.24, 2.45) is 17.2 Å². The van der Waals surface area contributed by atoms with Gasteiger partial charge < -0.3 is 0 Å². The molecule has 0 fully saturated rings. The molecule has 3 N–H and O–H groups in total. The normalized spacial score (nSPS) is 15.2. The maximum absolute atomic E-state index is 5.76. The zero-order chi connectivity index (χ0) is 14.8. The number of benzene rings is 1. The second-order valence-corrected chi connectivity index (χ2v) is 6.68. The van der Waals surface area contributed by atoms with Crippen LogP contribution < -0.4 is 11.3 Å². The van der Waals surface area contributed by atoms with Crippen LogP contribution in [0.15, 0.2) is 36.5 Å². The summed E-state index contributed by atoms with van der Waals surface area (Å²) in [6.07, 6.45) is 2.93. The summed E-state index contributed by atoms with van der Waals surface area (Å²) in [6, 6.07) is 10.5. The number of hydrogen-bond acceptors (Lipinski definition) is 3. The van der Waals surface area contributed by atoms with Crippen molar-refractivity contribution in [3.05, 3.63) is 42.1 Å². The maximum Gasteiger partial charge on any atom is 0.0702 e. The Balaban J connectivity index is 2.25. The van der Waals surface area contributed by atoms with E-state index in [1.54, 1.807) is 0 Å². The van der Waals surface area contributed by atoms with Crippen LogP contribution in [0.1, 0.15) is 45.7 Å². The molecule has 1 aromatic heterocycles. The van der Waals surface area contributed by atoms with Crippen LogP contribution in [0.5, 0.6) is 0 Å². The topological polar surface area (TPSA) is 50.9 Å². The quantitative estimate of drug-likeness (QED) is 0.656. The van der Waals surface area contributed by atoms with Gasteiger partial charge in [0.25, 0.3) is 0 Å². The second-order valence-electron chi connectivity index (χ2n) is 6.68. The first kappa shape index (κ1) is 14.9. The number of nitrogens with one attached hydrogen (secondary N) is 1. The van der Waals surface area contributed by atoms with Gasteiger partial charge in [-0.05, 0) is 35.4 Å². The third-order valence-electron chi connectivity index (χ3n) is 4.28. The number of pyridine rings is 1. The summed E-state index contributed by atoms with van der Waals surface area (Å²) in [4.78, 5) is 4.52. The highest BCUT2D eigenvalue weighted by Crippen LogP contribution is 2.33. The lowest BCUT2D eigenvalue weighted by Crippen LogP contribution is -2.32. The summed E-state index contributed by atoms with van der Waals surface area (Å²) >= 11 is 0. The number of hydrogen-bond donors (Lipinski definition) is 2. The van der Waals surface area contributed by atoms with Crippen LogP contribution in [-0.2, 0) is 0 Å². The predicted molar refractivity (Wildman–Crippen MR) is 85.0 cm³/mol. The van der Waals surface area contributed by atoms with Crippen molar-refractivity contribution in [2.45, 2.75) is 40.2 Å². The minimum absolute atomic E-state index is 0.140. The van der Waals surface area contributed by atoms with E-state index in [4.69, 9.17) is 5.84 Å². The van der Waals surface area contributed by atoms with Crippen LogP contribution in [0.2, 0.25) is 0 Å². The summed E-state index contributed by atoms with van der Waals surface area (Å²) in [5, 5.41) is 1.16. The van der Waals surface area contributed by atoms with E-state index in [2.05, 4.69) is 50.2 Å². The van der Waals surface area contributed by atoms with Gasteiger partial charge in [0.1, 0.15) is 0 Å². The summed E-state index contributed by atoms with van der Waals surface area (Å²) in [6.45, 7) is 9.08. The Morgan fingerprint density at radius 2 is 1.95 bits per heavy atom. The molecule has 0 aliphatic rings. The molecule has 108 valence electrons. The highest BCUT2D eigenvalue weighted by atomic mass is 15.2. The Bertz CT molecular complexity index is 572. The Morgan fingerprint density at radius 1 is 1.25 bits per heavy atom. The standard InChI is InChI=1S/C17H25N3/c1-12(17(2,3)4)9-16(20-18)14-10-13-7-5-6-8-15(13)19-11-14/h5-8,10-12,16,20H,9,18H2,1-4H3. The number of nitrogens with two attached hydrogens (primary N) is 1. The van der Waals surface area contributed by atoms with Crippen LogP contribution in [0, 0.1) is 11.3 Å². The minimum Gasteiger partial charge on any atom is -0.271 e. The third-order valence-corrected chi connectivity index (χ3v) is 4.28. The average molecular weight is 271 g/mol. The molecule has 3 heteroatoms. The van der Waals surface area contributed by atoms with Crippen LogP contribution in [0.3, 0.4) is 0 Å². The first-order chi connectivity index (χ1) is 9.41. The van der Waals surface area contributed by atoms with Crippen molar-refractivity contribution in [1.29, 1.82) is 0 Å². The number of aromatic nitrogens is 1. The minimum atomic E-state index is 0.140. The first-order valence-corrected chi connectivity index (χ1v) is 7.22. The monoisotopic (exact) mass is 271 g/mol. The van der Waals surface area contributed by atoms with E-state index < -0.39 is 0 Å². The largest absolute Gasteiger partial charge is 0.271 e. The Labute approximate surface area is 121 Å². The van der Waals surface area contributed by atoms with Gasteiger partial charge in [-0.2, -0.15) is 0 Å². The highest BCUT2D eigenvalue weighted by Gasteiger charge is 2.24. The van der Waals surface area contributed by atoms with Crippen LogP contribution >= 0.6 is 0 Å². The van der Waals surface area contributed by atoms with Crippen LogP contribution in [0.25, 0.3) is 10.9 Å². The van der Waals surface area contributed by atoms with Gasteiger partial charge in [-0.15, -0.1) is 0 Å². The van der Waals surface area contributed by atoms with Gasteiger partial charge >= 0.3 is 0 Å². The molecule has 2 unspecified atom stereocenters. The van der Waals surface area contributed by atoms with Gasteiger partial charge in [0.2, 0.25) is 0 Å². The van der Waals surface area contributed by atoms with E-state index in [1.165, 1.54) is 0 Å².